The largest absolute Gasteiger partial charge is 0.372 e. The van der Waals surface area contributed by atoms with Crippen LogP contribution < -0.4 is 27.4 Å². The SMILES string of the molecule is NCCN(CCN)C(=O)C[C@H](N)C(=O)N[C@@H](CCc1ccccc1)C(=O)CCc1ccc(N2CCCCC2)cc1. The summed E-state index contributed by atoms with van der Waals surface area (Å²) in [5, 5.41) is 2.84. The molecule has 9 heteroatoms. The molecular weight excluding hydrogens is 504 g/mol. The molecule has 0 aromatic heterocycles. The van der Waals surface area contributed by atoms with Gasteiger partial charge in [-0.1, -0.05) is 42.5 Å². The van der Waals surface area contributed by atoms with Crippen LogP contribution in [-0.2, 0) is 27.2 Å². The molecule has 9 nitrogen and oxygen atoms in total. The van der Waals surface area contributed by atoms with Crippen molar-refractivity contribution in [2.45, 2.75) is 63.5 Å². The number of nitrogens with zero attached hydrogens (tertiary/aromatic N) is 2. The normalized spacial score (nSPS) is 14.8. The minimum absolute atomic E-state index is 0.0456. The quantitative estimate of drug-likeness (QED) is 0.249. The van der Waals surface area contributed by atoms with E-state index >= 15 is 0 Å². The average molecular weight is 551 g/mol. The Bertz CT molecular complexity index is 1050. The highest BCUT2D eigenvalue weighted by Crippen LogP contribution is 2.21. The standard InChI is InChI=1S/C31H46N6O3/c32-17-21-37(22-18-33)30(39)23-27(34)31(40)35-28(15-11-24-7-3-1-4-8-24)29(38)16-12-25-9-13-26(14-10-25)36-19-5-2-6-20-36/h1,3-4,7-10,13-14,27-28H,2,5-6,11-12,15-23,32-34H2,(H,35,40)/t27-,28-/m0/s1. The van der Waals surface area contributed by atoms with Crippen LogP contribution in [0, 0.1) is 0 Å². The summed E-state index contributed by atoms with van der Waals surface area (Å²) in [5.74, 6) is -0.833. The summed E-state index contributed by atoms with van der Waals surface area (Å²) < 4.78 is 0. The van der Waals surface area contributed by atoms with Gasteiger partial charge in [0.1, 0.15) is 0 Å². The van der Waals surface area contributed by atoms with Crippen LogP contribution in [0.25, 0.3) is 0 Å². The smallest absolute Gasteiger partial charge is 0.238 e. The van der Waals surface area contributed by atoms with Crippen molar-refractivity contribution in [1.82, 2.24) is 10.2 Å². The van der Waals surface area contributed by atoms with Gasteiger partial charge >= 0.3 is 0 Å². The number of anilines is 1. The van der Waals surface area contributed by atoms with E-state index in [1.165, 1.54) is 29.8 Å². The van der Waals surface area contributed by atoms with Gasteiger partial charge in [0.2, 0.25) is 11.8 Å². The van der Waals surface area contributed by atoms with Crippen molar-refractivity contribution in [1.29, 1.82) is 0 Å². The van der Waals surface area contributed by atoms with Crippen LogP contribution in [0.4, 0.5) is 5.69 Å². The van der Waals surface area contributed by atoms with E-state index in [1.807, 2.05) is 30.3 Å². The van der Waals surface area contributed by atoms with Gasteiger partial charge in [0.25, 0.3) is 0 Å². The van der Waals surface area contributed by atoms with E-state index in [1.54, 1.807) is 0 Å². The van der Waals surface area contributed by atoms with Gasteiger partial charge < -0.3 is 32.3 Å². The molecule has 2 amide bonds. The van der Waals surface area contributed by atoms with Crippen molar-refractivity contribution in [2.75, 3.05) is 44.2 Å². The number of rotatable bonds is 16. The number of ketones is 1. The van der Waals surface area contributed by atoms with Gasteiger partial charge in [0, 0.05) is 51.4 Å². The van der Waals surface area contributed by atoms with Gasteiger partial charge in [-0.25, -0.2) is 0 Å². The summed E-state index contributed by atoms with van der Waals surface area (Å²) in [6.45, 7) is 3.47. The van der Waals surface area contributed by atoms with Crippen molar-refractivity contribution in [3.05, 3.63) is 65.7 Å². The molecule has 2 aromatic rings. The van der Waals surface area contributed by atoms with Gasteiger partial charge in [-0.2, -0.15) is 0 Å². The monoisotopic (exact) mass is 550 g/mol. The summed E-state index contributed by atoms with van der Waals surface area (Å²) in [7, 11) is 0. The molecule has 1 fully saturated rings. The van der Waals surface area contributed by atoms with E-state index in [2.05, 4.69) is 34.5 Å². The molecule has 218 valence electrons. The van der Waals surface area contributed by atoms with Gasteiger partial charge in [0.15, 0.2) is 5.78 Å². The molecule has 0 unspecified atom stereocenters. The maximum absolute atomic E-state index is 13.3. The van der Waals surface area contributed by atoms with Crippen LogP contribution >= 0.6 is 0 Å². The highest BCUT2D eigenvalue weighted by molar-refractivity contribution is 5.93. The molecule has 3 rings (SSSR count). The number of hydrogen-bond acceptors (Lipinski definition) is 7. The molecule has 0 aliphatic carbocycles. The Kier molecular flexibility index (Phi) is 13.1. The molecule has 2 atom stereocenters. The number of carbonyl (C=O) groups is 3. The zero-order valence-corrected chi connectivity index (χ0v) is 23.6. The molecule has 0 saturated carbocycles. The second kappa shape index (κ2) is 16.7. The fourth-order valence-electron chi connectivity index (χ4n) is 5.10. The maximum Gasteiger partial charge on any atom is 0.238 e. The van der Waals surface area contributed by atoms with Gasteiger partial charge in [-0.15, -0.1) is 0 Å². The average Bonchev–Trinajstić information content (AvgIpc) is 2.99. The Hall–Kier alpha value is -3.27. The zero-order chi connectivity index (χ0) is 28.7. The second-order valence-electron chi connectivity index (χ2n) is 10.5. The van der Waals surface area contributed by atoms with E-state index in [0.717, 1.165) is 24.2 Å². The van der Waals surface area contributed by atoms with Crippen LogP contribution in [0.15, 0.2) is 54.6 Å². The number of nitrogens with two attached hydrogens (primary N) is 3. The number of piperidine rings is 1. The lowest BCUT2D eigenvalue weighted by Gasteiger charge is -2.28. The third-order valence-electron chi connectivity index (χ3n) is 7.47. The van der Waals surface area contributed by atoms with Crippen molar-refractivity contribution >= 4 is 23.3 Å². The highest BCUT2D eigenvalue weighted by Gasteiger charge is 2.26. The first-order chi connectivity index (χ1) is 19.4. The number of benzene rings is 2. The Morgan fingerprint density at radius 2 is 1.48 bits per heavy atom. The van der Waals surface area contributed by atoms with E-state index in [0.29, 0.717) is 51.9 Å². The first-order valence-electron chi connectivity index (χ1n) is 14.6. The first kappa shape index (κ1) is 31.3. The third-order valence-corrected chi connectivity index (χ3v) is 7.47. The zero-order valence-electron chi connectivity index (χ0n) is 23.6. The first-order valence-corrected chi connectivity index (χ1v) is 14.6. The second-order valence-corrected chi connectivity index (χ2v) is 10.5. The summed E-state index contributed by atoms with van der Waals surface area (Å²) in [6.07, 6.45) is 5.56. The molecule has 40 heavy (non-hydrogen) atoms. The molecule has 1 aliphatic heterocycles. The summed E-state index contributed by atoms with van der Waals surface area (Å²) in [5.41, 5.74) is 20.7. The van der Waals surface area contributed by atoms with Crippen LogP contribution in [0.2, 0.25) is 0 Å². The Morgan fingerprint density at radius 1 is 0.850 bits per heavy atom. The van der Waals surface area contributed by atoms with Gasteiger partial charge in [-0.05, 0) is 61.8 Å². The highest BCUT2D eigenvalue weighted by atomic mass is 16.2. The van der Waals surface area contributed by atoms with Crippen LogP contribution in [0.1, 0.15) is 49.7 Å². The number of amides is 2. The number of carbonyl (C=O) groups excluding carboxylic acids is 3. The fraction of sp³-hybridized carbons (Fsp3) is 0.516. The summed E-state index contributed by atoms with van der Waals surface area (Å²) in [4.78, 5) is 42.9. The molecule has 0 bridgehead atoms. The maximum atomic E-state index is 13.3. The lowest BCUT2D eigenvalue weighted by atomic mass is 9.97. The van der Waals surface area contributed by atoms with Crippen molar-refractivity contribution in [3.8, 4) is 0 Å². The van der Waals surface area contributed by atoms with E-state index in [4.69, 9.17) is 17.2 Å². The lowest BCUT2D eigenvalue weighted by Crippen LogP contribution is -2.51. The van der Waals surface area contributed by atoms with E-state index in [-0.39, 0.29) is 18.1 Å². The number of Topliss-reactive ketones (excluding diaryl/α,β-unsaturated/α-hetero) is 1. The van der Waals surface area contributed by atoms with E-state index < -0.39 is 18.0 Å². The lowest BCUT2D eigenvalue weighted by molar-refractivity contribution is -0.135. The Balaban J connectivity index is 1.59. The predicted octanol–water partition coefficient (Wildman–Crippen LogP) is 1.76. The molecule has 0 spiro atoms. The fourth-order valence-corrected chi connectivity index (χ4v) is 5.10. The summed E-state index contributed by atoms with van der Waals surface area (Å²) in [6, 6.07) is 16.5. The molecule has 1 heterocycles. The third kappa shape index (κ3) is 10.0. The van der Waals surface area contributed by atoms with Crippen molar-refractivity contribution < 1.29 is 14.4 Å². The predicted molar refractivity (Wildman–Crippen MR) is 160 cm³/mol. The van der Waals surface area contributed by atoms with Crippen LogP contribution in [0.3, 0.4) is 0 Å². The number of nitrogens with one attached hydrogen (secondary N) is 1. The summed E-state index contributed by atoms with van der Waals surface area (Å²) >= 11 is 0. The Labute approximate surface area is 238 Å². The Morgan fingerprint density at radius 3 is 2.10 bits per heavy atom. The minimum atomic E-state index is -1.07. The molecule has 1 saturated heterocycles. The topological polar surface area (TPSA) is 148 Å². The van der Waals surface area contributed by atoms with Crippen molar-refractivity contribution in [2.24, 2.45) is 17.2 Å². The molecular formula is C31H46N6O3. The van der Waals surface area contributed by atoms with Gasteiger partial charge in [-0.3, -0.25) is 14.4 Å². The molecule has 0 radical (unpaired) electrons. The molecule has 1 aliphatic rings. The van der Waals surface area contributed by atoms with Crippen molar-refractivity contribution in [3.63, 3.8) is 0 Å². The molecule has 7 N–H and O–H groups in total. The number of hydrogen-bond donors (Lipinski definition) is 4. The number of aryl methyl sites for hydroxylation is 2. The van der Waals surface area contributed by atoms with Crippen LogP contribution in [-0.4, -0.2) is 73.8 Å². The molecule has 2 aromatic carbocycles. The van der Waals surface area contributed by atoms with E-state index in [9.17, 15) is 14.4 Å². The van der Waals surface area contributed by atoms with Gasteiger partial charge in [0.05, 0.1) is 18.5 Å². The van der Waals surface area contributed by atoms with Crippen LogP contribution in [0.5, 0.6) is 0 Å². The minimum Gasteiger partial charge on any atom is -0.372 e.